The van der Waals surface area contributed by atoms with Crippen molar-refractivity contribution in [3.8, 4) is 11.5 Å². The summed E-state index contributed by atoms with van der Waals surface area (Å²) in [6.45, 7) is 2.49. The number of hydrogen-bond acceptors (Lipinski definition) is 4. The minimum Gasteiger partial charge on any atom is -0.493 e. The molecule has 0 aromatic heterocycles. The van der Waals surface area contributed by atoms with E-state index < -0.39 is 6.10 Å². The van der Waals surface area contributed by atoms with Crippen LogP contribution < -0.4 is 14.8 Å². The predicted molar refractivity (Wildman–Crippen MR) is 103 cm³/mol. The van der Waals surface area contributed by atoms with Gasteiger partial charge in [-0.05, 0) is 42.8 Å². The summed E-state index contributed by atoms with van der Waals surface area (Å²) in [5.41, 5.74) is 0. The van der Waals surface area contributed by atoms with Crippen molar-refractivity contribution in [3.05, 3.63) is 53.6 Å². The van der Waals surface area contributed by atoms with Crippen LogP contribution in [0.2, 0.25) is 5.02 Å². The molecule has 1 amide bonds. The molecule has 0 aliphatic rings. The Morgan fingerprint density at radius 3 is 2.48 bits per heavy atom. The molecule has 2 aromatic carbocycles. The molecule has 0 aliphatic carbocycles. The monoisotopic (exact) mass is 379 g/mol. The Labute approximate surface area is 157 Å². The van der Waals surface area contributed by atoms with Gasteiger partial charge in [0, 0.05) is 22.2 Å². The number of para-hydroxylation sites is 2. The van der Waals surface area contributed by atoms with Crippen LogP contribution in [-0.4, -0.2) is 31.4 Å². The van der Waals surface area contributed by atoms with Crippen LogP contribution in [0.15, 0.2) is 53.4 Å². The highest BCUT2D eigenvalue weighted by atomic mass is 35.5. The Balaban J connectivity index is 1.80. The summed E-state index contributed by atoms with van der Waals surface area (Å²) in [6.07, 6.45) is 0.0330. The van der Waals surface area contributed by atoms with Crippen LogP contribution >= 0.6 is 23.4 Å². The summed E-state index contributed by atoms with van der Waals surface area (Å²) >= 11 is 7.53. The molecule has 2 aromatic rings. The molecule has 0 aliphatic heterocycles. The fourth-order valence-corrected chi connectivity index (χ4v) is 3.07. The number of carbonyl (C=O) groups is 1. The molecule has 0 spiro atoms. The number of methoxy groups -OCH3 is 1. The molecule has 1 atom stereocenters. The molecule has 0 unspecified atom stereocenters. The number of amides is 1. The van der Waals surface area contributed by atoms with Crippen molar-refractivity contribution in [2.75, 3.05) is 19.4 Å². The van der Waals surface area contributed by atoms with Crippen molar-refractivity contribution in [1.29, 1.82) is 0 Å². The smallest absolute Gasteiger partial charge is 0.261 e. The summed E-state index contributed by atoms with van der Waals surface area (Å²) in [4.78, 5) is 13.5. The zero-order valence-electron chi connectivity index (χ0n) is 14.3. The topological polar surface area (TPSA) is 47.6 Å². The predicted octanol–water partition coefficient (Wildman–Crippen LogP) is 4.41. The summed E-state index contributed by atoms with van der Waals surface area (Å²) < 4.78 is 11.1. The van der Waals surface area contributed by atoms with Gasteiger partial charge in [0.15, 0.2) is 17.6 Å². The number of ether oxygens (including phenoxy) is 2. The fourth-order valence-electron chi connectivity index (χ4n) is 2.18. The molecule has 0 heterocycles. The number of thioether (sulfide) groups is 1. The zero-order chi connectivity index (χ0) is 18.1. The van der Waals surface area contributed by atoms with Crippen LogP contribution in [0.25, 0.3) is 0 Å². The van der Waals surface area contributed by atoms with E-state index in [0.717, 1.165) is 15.7 Å². The van der Waals surface area contributed by atoms with E-state index in [-0.39, 0.29) is 5.91 Å². The molecule has 0 saturated carbocycles. The Morgan fingerprint density at radius 1 is 1.16 bits per heavy atom. The molecule has 4 nitrogen and oxygen atoms in total. The summed E-state index contributed by atoms with van der Waals surface area (Å²) in [5.74, 6) is 1.85. The van der Waals surface area contributed by atoms with Gasteiger partial charge < -0.3 is 14.8 Å². The number of benzene rings is 2. The first-order valence-electron chi connectivity index (χ1n) is 8.09. The lowest BCUT2D eigenvalue weighted by Crippen LogP contribution is -2.39. The third-order valence-electron chi connectivity index (χ3n) is 3.49. The second kappa shape index (κ2) is 10.2. The van der Waals surface area contributed by atoms with E-state index in [1.807, 2.05) is 49.4 Å². The SMILES string of the molecule is CC[C@@H](Oc1ccccc1OC)C(=O)NCCSc1ccc(Cl)cc1. The first-order chi connectivity index (χ1) is 12.1. The Bertz CT molecular complexity index is 679. The van der Waals surface area contributed by atoms with Crippen molar-refractivity contribution in [2.45, 2.75) is 24.3 Å². The van der Waals surface area contributed by atoms with Crippen LogP contribution in [0.5, 0.6) is 11.5 Å². The quantitative estimate of drug-likeness (QED) is 0.517. The van der Waals surface area contributed by atoms with Crippen molar-refractivity contribution < 1.29 is 14.3 Å². The van der Waals surface area contributed by atoms with E-state index in [1.54, 1.807) is 24.9 Å². The Morgan fingerprint density at radius 2 is 1.84 bits per heavy atom. The van der Waals surface area contributed by atoms with Crippen LogP contribution in [0.1, 0.15) is 13.3 Å². The minimum atomic E-state index is -0.545. The number of hydrogen-bond donors (Lipinski definition) is 1. The van der Waals surface area contributed by atoms with Gasteiger partial charge in [-0.1, -0.05) is 30.7 Å². The standard InChI is InChI=1S/C19H22ClNO3S/c1-3-16(24-18-7-5-4-6-17(18)23-2)19(22)21-12-13-25-15-10-8-14(20)9-11-15/h4-11,16H,3,12-13H2,1-2H3,(H,21,22)/t16-/m1/s1. The van der Waals surface area contributed by atoms with E-state index in [2.05, 4.69) is 5.32 Å². The van der Waals surface area contributed by atoms with Gasteiger partial charge in [0.2, 0.25) is 0 Å². The molecule has 2 rings (SSSR count). The lowest BCUT2D eigenvalue weighted by Gasteiger charge is -2.18. The average Bonchev–Trinajstić information content (AvgIpc) is 2.64. The van der Waals surface area contributed by atoms with Crippen molar-refractivity contribution in [2.24, 2.45) is 0 Å². The third-order valence-corrected chi connectivity index (χ3v) is 4.75. The van der Waals surface area contributed by atoms with Gasteiger partial charge in [-0.2, -0.15) is 0 Å². The van der Waals surface area contributed by atoms with Gasteiger partial charge in [0.1, 0.15) is 0 Å². The summed E-state index contributed by atoms with van der Waals surface area (Å²) in [5, 5.41) is 3.64. The van der Waals surface area contributed by atoms with Crippen molar-refractivity contribution in [3.63, 3.8) is 0 Å². The second-order valence-corrected chi connectivity index (χ2v) is 6.86. The second-order valence-electron chi connectivity index (χ2n) is 5.26. The molecule has 6 heteroatoms. The maximum Gasteiger partial charge on any atom is 0.261 e. The zero-order valence-corrected chi connectivity index (χ0v) is 15.9. The number of carbonyl (C=O) groups excluding carboxylic acids is 1. The van der Waals surface area contributed by atoms with Gasteiger partial charge in [0.25, 0.3) is 5.91 Å². The van der Waals surface area contributed by atoms with Crippen molar-refractivity contribution in [1.82, 2.24) is 5.32 Å². The minimum absolute atomic E-state index is 0.120. The molecule has 0 bridgehead atoms. The molecule has 1 N–H and O–H groups in total. The van der Waals surface area contributed by atoms with Gasteiger partial charge in [-0.3, -0.25) is 4.79 Å². The van der Waals surface area contributed by atoms with Crippen LogP contribution in [0.4, 0.5) is 0 Å². The van der Waals surface area contributed by atoms with E-state index in [1.165, 1.54) is 0 Å². The summed E-state index contributed by atoms with van der Waals surface area (Å²) in [7, 11) is 1.58. The maximum atomic E-state index is 12.3. The summed E-state index contributed by atoms with van der Waals surface area (Å²) in [6, 6.07) is 15.0. The normalized spacial score (nSPS) is 11.6. The van der Waals surface area contributed by atoms with Crippen LogP contribution in [0.3, 0.4) is 0 Å². The number of nitrogens with one attached hydrogen (secondary N) is 1. The first kappa shape index (κ1) is 19.5. The Kier molecular flexibility index (Phi) is 7.95. The van der Waals surface area contributed by atoms with E-state index in [9.17, 15) is 4.79 Å². The van der Waals surface area contributed by atoms with E-state index >= 15 is 0 Å². The largest absolute Gasteiger partial charge is 0.493 e. The average molecular weight is 380 g/mol. The molecular formula is C19H22ClNO3S. The van der Waals surface area contributed by atoms with E-state index in [4.69, 9.17) is 21.1 Å². The van der Waals surface area contributed by atoms with E-state index in [0.29, 0.717) is 24.5 Å². The molecule has 25 heavy (non-hydrogen) atoms. The third kappa shape index (κ3) is 6.18. The fraction of sp³-hybridized carbons (Fsp3) is 0.316. The Hall–Kier alpha value is -1.85. The first-order valence-corrected chi connectivity index (χ1v) is 9.46. The highest BCUT2D eigenvalue weighted by molar-refractivity contribution is 7.99. The van der Waals surface area contributed by atoms with Crippen molar-refractivity contribution >= 4 is 29.3 Å². The molecule has 134 valence electrons. The highest BCUT2D eigenvalue weighted by Crippen LogP contribution is 2.27. The lowest BCUT2D eigenvalue weighted by atomic mass is 10.2. The van der Waals surface area contributed by atoms with Crippen LogP contribution in [-0.2, 0) is 4.79 Å². The van der Waals surface area contributed by atoms with Crippen LogP contribution in [0, 0.1) is 0 Å². The van der Waals surface area contributed by atoms with Gasteiger partial charge in [0.05, 0.1) is 7.11 Å². The maximum absolute atomic E-state index is 12.3. The number of rotatable bonds is 9. The molecule has 0 fully saturated rings. The van der Waals surface area contributed by atoms with Gasteiger partial charge in [-0.15, -0.1) is 11.8 Å². The molecule has 0 radical (unpaired) electrons. The van der Waals surface area contributed by atoms with Gasteiger partial charge >= 0.3 is 0 Å². The number of halogens is 1. The molecular weight excluding hydrogens is 358 g/mol. The van der Waals surface area contributed by atoms with Gasteiger partial charge in [-0.25, -0.2) is 0 Å². The highest BCUT2D eigenvalue weighted by Gasteiger charge is 2.19. The molecule has 0 saturated heterocycles. The lowest BCUT2D eigenvalue weighted by molar-refractivity contribution is -0.128.